The number of aliphatic carboxylic acids is 1. The van der Waals surface area contributed by atoms with Gasteiger partial charge in [0.1, 0.15) is 24.7 Å². The minimum absolute atomic E-state index is 0.0186. The summed E-state index contributed by atoms with van der Waals surface area (Å²) in [6.07, 6.45) is 1.09. The predicted octanol–water partition coefficient (Wildman–Crippen LogP) is 3.70. The van der Waals surface area contributed by atoms with Gasteiger partial charge in [-0.25, -0.2) is 30.5 Å². The van der Waals surface area contributed by atoms with Crippen LogP contribution in [0, 0.1) is 0 Å². The summed E-state index contributed by atoms with van der Waals surface area (Å²) in [6.45, 7) is -2.55. The molecule has 3 aromatic carbocycles. The zero-order chi connectivity index (χ0) is 29.8. The van der Waals surface area contributed by atoms with Crippen molar-refractivity contribution in [3.8, 4) is 11.5 Å². The fraction of sp³-hybridized carbons (Fsp3) is 0.185. The van der Waals surface area contributed by atoms with Crippen molar-refractivity contribution in [2.24, 2.45) is 0 Å². The highest BCUT2D eigenvalue weighted by atomic mass is 32.2. The summed E-state index contributed by atoms with van der Waals surface area (Å²) in [7, 11) is -5.91. The average Bonchev–Trinajstić information content (AvgIpc) is 2.98. The SMILES string of the molecule is COc1ccc(S(=O)(=O)N(CCF)c2cnc(N(CC(=O)O)S(=O)(=O)c3ccc(OC)cc3)c3ccccc23)cc1. The highest BCUT2D eigenvalue weighted by Crippen LogP contribution is 2.37. The van der Waals surface area contributed by atoms with Crippen LogP contribution in [-0.4, -0.2) is 66.9 Å². The number of carboxylic acids is 1. The molecular formula is C27H26FN3O8S2. The molecule has 4 rings (SSSR count). The number of ether oxygens (including phenoxy) is 2. The van der Waals surface area contributed by atoms with Crippen molar-refractivity contribution >= 4 is 48.3 Å². The number of alkyl halides is 1. The maximum absolute atomic E-state index is 13.7. The fourth-order valence-corrected chi connectivity index (χ4v) is 6.99. The van der Waals surface area contributed by atoms with Crippen LogP contribution in [0.4, 0.5) is 15.9 Å². The van der Waals surface area contributed by atoms with Crippen LogP contribution in [0.25, 0.3) is 10.8 Å². The van der Waals surface area contributed by atoms with Gasteiger partial charge in [-0.3, -0.25) is 9.10 Å². The molecule has 0 aliphatic rings. The van der Waals surface area contributed by atoms with Gasteiger partial charge in [0, 0.05) is 10.8 Å². The van der Waals surface area contributed by atoms with Crippen molar-refractivity contribution in [1.29, 1.82) is 0 Å². The molecule has 0 fully saturated rings. The zero-order valence-corrected chi connectivity index (χ0v) is 23.6. The molecule has 0 aliphatic heterocycles. The third-order valence-corrected chi connectivity index (χ3v) is 9.70. The molecule has 0 aliphatic carbocycles. The number of aromatic nitrogens is 1. The zero-order valence-electron chi connectivity index (χ0n) is 22.0. The molecule has 0 atom stereocenters. The topological polar surface area (TPSA) is 143 Å². The van der Waals surface area contributed by atoms with Crippen molar-refractivity contribution in [2.45, 2.75) is 9.79 Å². The van der Waals surface area contributed by atoms with Crippen LogP contribution >= 0.6 is 0 Å². The normalized spacial score (nSPS) is 11.7. The molecule has 14 heteroatoms. The van der Waals surface area contributed by atoms with Crippen molar-refractivity contribution < 1.29 is 40.6 Å². The molecule has 11 nitrogen and oxygen atoms in total. The Bertz CT molecular complexity index is 1770. The Hall–Kier alpha value is -4.43. The average molecular weight is 604 g/mol. The van der Waals surface area contributed by atoms with Crippen molar-refractivity contribution in [3.05, 3.63) is 79.0 Å². The van der Waals surface area contributed by atoms with Crippen LogP contribution in [0.2, 0.25) is 0 Å². The number of benzene rings is 3. The van der Waals surface area contributed by atoms with Crippen molar-refractivity contribution in [2.75, 3.05) is 42.6 Å². The molecule has 1 heterocycles. The third kappa shape index (κ3) is 5.88. The number of hydrogen-bond acceptors (Lipinski definition) is 8. The van der Waals surface area contributed by atoms with Crippen LogP contribution in [0.15, 0.2) is 88.8 Å². The summed E-state index contributed by atoms with van der Waals surface area (Å²) in [4.78, 5) is 15.7. The number of fused-ring (bicyclic) bond motifs is 1. The van der Waals surface area contributed by atoms with Crippen LogP contribution in [0.1, 0.15) is 0 Å². The number of hydrogen-bond donors (Lipinski definition) is 1. The van der Waals surface area contributed by atoms with Gasteiger partial charge in [-0.1, -0.05) is 24.3 Å². The number of methoxy groups -OCH3 is 2. The first-order valence-electron chi connectivity index (χ1n) is 12.0. The molecule has 1 N–H and O–H groups in total. The fourth-order valence-electron chi connectivity index (χ4n) is 4.15. The Morgan fingerprint density at radius 2 is 1.29 bits per heavy atom. The first-order valence-corrected chi connectivity index (χ1v) is 14.9. The van der Waals surface area contributed by atoms with Gasteiger partial charge in [0.15, 0.2) is 5.82 Å². The number of halogens is 1. The second-order valence-corrected chi connectivity index (χ2v) is 12.3. The summed E-state index contributed by atoms with van der Waals surface area (Å²) in [5, 5.41) is 9.95. The Morgan fingerprint density at radius 1 is 0.805 bits per heavy atom. The Morgan fingerprint density at radius 3 is 1.76 bits per heavy atom. The number of nitrogens with zero attached hydrogens (tertiary/aromatic N) is 3. The predicted molar refractivity (Wildman–Crippen MR) is 150 cm³/mol. The van der Waals surface area contributed by atoms with Gasteiger partial charge in [0.25, 0.3) is 20.0 Å². The molecule has 0 saturated carbocycles. The highest BCUT2D eigenvalue weighted by molar-refractivity contribution is 7.93. The molecule has 0 saturated heterocycles. The van der Waals surface area contributed by atoms with E-state index < -0.39 is 45.8 Å². The van der Waals surface area contributed by atoms with Crippen molar-refractivity contribution in [1.82, 2.24) is 4.98 Å². The molecule has 0 bridgehead atoms. The number of carboxylic acid groups (broad SMARTS) is 1. The highest BCUT2D eigenvalue weighted by Gasteiger charge is 2.32. The number of rotatable bonds is 12. The smallest absolute Gasteiger partial charge is 0.324 e. The summed E-state index contributed by atoms with van der Waals surface area (Å²) >= 11 is 0. The lowest BCUT2D eigenvalue weighted by Gasteiger charge is -2.27. The lowest BCUT2D eigenvalue weighted by Crippen LogP contribution is -2.37. The minimum Gasteiger partial charge on any atom is -0.497 e. The first kappa shape index (κ1) is 29.6. The number of sulfonamides is 2. The lowest BCUT2D eigenvalue weighted by atomic mass is 10.1. The van der Waals surface area contributed by atoms with Crippen LogP contribution < -0.4 is 18.1 Å². The van der Waals surface area contributed by atoms with E-state index in [1.165, 1.54) is 74.9 Å². The van der Waals surface area contributed by atoms with Gasteiger partial charge in [-0.15, -0.1) is 0 Å². The van der Waals surface area contributed by atoms with E-state index in [2.05, 4.69) is 4.98 Å². The number of pyridine rings is 1. The first-order chi connectivity index (χ1) is 19.5. The van der Waals surface area contributed by atoms with Gasteiger partial charge < -0.3 is 14.6 Å². The molecule has 41 heavy (non-hydrogen) atoms. The molecule has 0 unspecified atom stereocenters. The minimum atomic E-state index is -4.46. The van der Waals surface area contributed by atoms with E-state index in [0.717, 1.165) is 10.5 Å². The molecule has 1 aromatic heterocycles. The second-order valence-electron chi connectivity index (χ2n) is 8.54. The Kier molecular flexibility index (Phi) is 8.63. The van der Waals surface area contributed by atoms with E-state index in [9.17, 15) is 31.1 Å². The van der Waals surface area contributed by atoms with E-state index >= 15 is 0 Å². The molecular weight excluding hydrogens is 577 g/mol. The molecule has 216 valence electrons. The van der Waals surface area contributed by atoms with E-state index in [1.54, 1.807) is 12.1 Å². The van der Waals surface area contributed by atoms with Gasteiger partial charge in [-0.2, -0.15) is 0 Å². The maximum atomic E-state index is 13.7. The summed E-state index contributed by atoms with van der Waals surface area (Å²) in [5.74, 6) is -0.871. The van der Waals surface area contributed by atoms with Gasteiger partial charge in [-0.05, 0) is 48.5 Å². The van der Waals surface area contributed by atoms with E-state index in [4.69, 9.17) is 9.47 Å². The third-order valence-electron chi connectivity index (χ3n) is 6.12. The van der Waals surface area contributed by atoms with Crippen LogP contribution in [0.5, 0.6) is 11.5 Å². The summed E-state index contributed by atoms with van der Waals surface area (Å²) in [6, 6.07) is 17.1. The largest absolute Gasteiger partial charge is 0.497 e. The van der Waals surface area contributed by atoms with Gasteiger partial charge in [0.05, 0.1) is 42.4 Å². The monoisotopic (exact) mass is 603 g/mol. The van der Waals surface area contributed by atoms with E-state index in [-0.39, 0.29) is 32.1 Å². The summed E-state index contributed by atoms with van der Waals surface area (Å²) < 4.78 is 79.9. The molecule has 0 spiro atoms. The Labute approximate surface area is 236 Å². The van der Waals surface area contributed by atoms with Crippen LogP contribution in [0.3, 0.4) is 0 Å². The van der Waals surface area contributed by atoms with Crippen LogP contribution in [-0.2, 0) is 24.8 Å². The lowest BCUT2D eigenvalue weighted by molar-refractivity contribution is -0.135. The number of carbonyl (C=O) groups is 1. The maximum Gasteiger partial charge on any atom is 0.324 e. The van der Waals surface area contributed by atoms with Crippen molar-refractivity contribution in [3.63, 3.8) is 0 Å². The molecule has 4 aromatic rings. The van der Waals surface area contributed by atoms with E-state index in [1.807, 2.05) is 0 Å². The number of anilines is 2. The quantitative estimate of drug-likeness (QED) is 0.256. The Balaban J connectivity index is 1.90. The molecule has 0 radical (unpaired) electrons. The standard InChI is InChI=1S/C27H26FN3O8S2/c1-38-19-7-11-21(12-8-19)40(34,35)30(16-15-28)25-17-29-27(24-6-4-3-5-23(24)25)31(18-26(32)33)41(36,37)22-13-9-20(39-2)10-14-22/h3-14,17H,15-16,18H2,1-2H3,(H,32,33). The van der Waals surface area contributed by atoms with Gasteiger partial charge in [0.2, 0.25) is 0 Å². The second kappa shape index (κ2) is 12.0. The summed E-state index contributed by atoms with van der Waals surface area (Å²) in [5.41, 5.74) is -0.0186. The molecule has 0 amide bonds. The van der Waals surface area contributed by atoms with E-state index in [0.29, 0.717) is 15.8 Å². The van der Waals surface area contributed by atoms with Gasteiger partial charge >= 0.3 is 5.97 Å².